The Kier molecular flexibility index (Phi) is 6.09. The monoisotopic (exact) mass is 428 g/mol. The Morgan fingerprint density at radius 2 is 1.20 bits per heavy atom. The van der Waals surface area contributed by atoms with Gasteiger partial charge in [-0.1, -0.05) is 30.0 Å². The molecular formula is C22H20O7S. The molecular weight excluding hydrogens is 408 g/mol. The van der Waals surface area contributed by atoms with E-state index in [1.54, 1.807) is 18.2 Å². The van der Waals surface area contributed by atoms with E-state index in [-0.39, 0.29) is 45.4 Å². The Hall–Kier alpha value is -3.36. The van der Waals surface area contributed by atoms with E-state index in [1.165, 1.54) is 50.6 Å². The number of phenols is 3. The highest BCUT2D eigenvalue weighted by Gasteiger charge is 2.36. The van der Waals surface area contributed by atoms with Crippen molar-refractivity contribution in [2.75, 3.05) is 14.2 Å². The van der Waals surface area contributed by atoms with Gasteiger partial charge in [-0.05, 0) is 53.1 Å². The van der Waals surface area contributed by atoms with Crippen molar-refractivity contribution in [3.63, 3.8) is 0 Å². The molecule has 0 heterocycles. The summed E-state index contributed by atoms with van der Waals surface area (Å²) in [4.78, 5) is 11.1. The minimum absolute atomic E-state index is 0.191. The highest BCUT2D eigenvalue weighted by molar-refractivity contribution is 8.12. The summed E-state index contributed by atoms with van der Waals surface area (Å²) in [6.45, 7) is 0. The highest BCUT2D eigenvalue weighted by Crippen LogP contribution is 2.44. The second kappa shape index (κ2) is 8.56. The minimum atomic E-state index is -1.87. The Labute approximate surface area is 177 Å². The molecule has 4 N–H and O–H groups in total. The molecule has 0 saturated carbocycles. The van der Waals surface area contributed by atoms with E-state index in [4.69, 9.17) is 9.47 Å². The van der Waals surface area contributed by atoms with Crippen molar-refractivity contribution in [1.29, 1.82) is 0 Å². The second-order valence-electron chi connectivity index (χ2n) is 6.38. The predicted octanol–water partition coefficient (Wildman–Crippen LogP) is 3.39. The van der Waals surface area contributed by atoms with Crippen molar-refractivity contribution >= 4 is 17.4 Å². The van der Waals surface area contributed by atoms with E-state index in [0.717, 1.165) is 11.8 Å². The molecule has 0 aliphatic rings. The topological polar surface area (TPSA) is 116 Å². The Morgan fingerprint density at radius 1 is 0.767 bits per heavy atom. The molecule has 0 aliphatic carbocycles. The molecule has 8 heteroatoms. The molecule has 0 saturated heterocycles. The number of thioether (sulfide) groups is 1. The number of aromatic hydroxyl groups is 3. The number of benzene rings is 3. The largest absolute Gasteiger partial charge is 0.507 e. The van der Waals surface area contributed by atoms with Gasteiger partial charge in [-0.3, -0.25) is 4.79 Å². The second-order valence-corrected chi connectivity index (χ2v) is 7.25. The summed E-state index contributed by atoms with van der Waals surface area (Å²) >= 11 is 0.802. The normalized spacial score (nSPS) is 11.2. The predicted molar refractivity (Wildman–Crippen MR) is 112 cm³/mol. The number of carbonyl (C=O) groups is 1. The van der Waals surface area contributed by atoms with Crippen LogP contribution in [0.15, 0.2) is 59.5 Å². The summed E-state index contributed by atoms with van der Waals surface area (Å²) in [6, 6.07) is 13.2. The number of aliphatic hydroxyl groups is 1. The molecule has 0 aromatic heterocycles. The van der Waals surface area contributed by atoms with Gasteiger partial charge in [0.05, 0.1) is 19.1 Å². The first-order valence-electron chi connectivity index (χ1n) is 8.76. The molecule has 3 aromatic rings. The molecule has 30 heavy (non-hydrogen) atoms. The van der Waals surface area contributed by atoms with Gasteiger partial charge in [0.15, 0.2) is 28.6 Å². The van der Waals surface area contributed by atoms with Crippen molar-refractivity contribution in [2.24, 2.45) is 0 Å². The number of methoxy groups -OCH3 is 2. The molecule has 0 amide bonds. The number of hydrogen-bond donors (Lipinski definition) is 4. The van der Waals surface area contributed by atoms with Gasteiger partial charge < -0.3 is 29.9 Å². The van der Waals surface area contributed by atoms with Crippen molar-refractivity contribution in [3.05, 3.63) is 71.3 Å². The summed E-state index contributed by atoms with van der Waals surface area (Å²) in [5, 5.41) is 42.7. The fourth-order valence-electron chi connectivity index (χ4n) is 3.22. The van der Waals surface area contributed by atoms with E-state index < -0.39 is 5.60 Å². The van der Waals surface area contributed by atoms with Crippen LogP contribution >= 0.6 is 11.8 Å². The Morgan fingerprint density at radius 3 is 1.57 bits per heavy atom. The number of phenolic OH excluding ortho intramolecular Hbond substituents is 3. The molecule has 0 aliphatic heterocycles. The smallest absolute Gasteiger partial charge is 0.181 e. The molecule has 0 radical (unpaired) electrons. The first-order valence-corrected chi connectivity index (χ1v) is 9.64. The lowest BCUT2D eigenvalue weighted by atomic mass is 9.80. The molecule has 0 atom stereocenters. The maximum Gasteiger partial charge on any atom is 0.181 e. The summed E-state index contributed by atoms with van der Waals surface area (Å²) in [7, 11) is 2.81. The summed E-state index contributed by atoms with van der Waals surface area (Å²) < 4.78 is 10.1. The summed E-state index contributed by atoms with van der Waals surface area (Å²) in [5.74, 6) is -0.135. The van der Waals surface area contributed by atoms with E-state index >= 15 is 0 Å². The van der Waals surface area contributed by atoms with Crippen LogP contribution in [-0.2, 0) is 10.4 Å². The molecule has 7 nitrogen and oxygen atoms in total. The van der Waals surface area contributed by atoms with Gasteiger partial charge in [0.25, 0.3) is 0 Å². The first kappa shape index (κ1) is 21.4. The van der Waals surface area contributed by atoms with Gasteiger partial charge in [0.1, 0.15) is 11.4 Å². The third kappa shape index (κ3) is 3.74. The van der Waals surface area contributed by atoms with Crippen LogP contribution < -0.4 is 9.47 Å². The number of rotatable bonds is 7. The zero-order valence-electron chi connectivity index (χ0n) is 16.2. The fraction of sp³-hybridized carbons (Fsp3) is 0.136. The number of hydrogen-bond acceptors (Lipinski definition) is 8. The van der Waals surface area contributed by atoms with Crippen molar-refractivity contribution in [3.8, 4) is 28.7 Å². The zero-order chi connectivity index (χ0) is 21.9. The van der Waals surface area contributed by atoms with Crippen LogP contribution in [-0.4, -0.2) is 40.3 Å². The van der Waals surface area contributed by atoms with Crippen LogP contribution in [0.2, 0.25) is 0 Å². The van der Waals surface area contributed by atoms with Crippen LogP contribution in [0.25, 0.3) is 0 Å². The average molecular weight is 428 g/mol. The van der Waals surface area contributed by atoms with Crippen LogP contribution in [0.5, 0.6) is 28.7 Å². The van der Waals surface area contributed by atoms with Gasteiger partial charge in [0.2, 0.25) is 0 Å². The Balaban J connectivity index is 2.26. The van der Waals surface area contributed by atoms with Gasteiger partial charge >= 0.3 is 0 Å². The SMILES string of the molecule is COc1ccc(C(O)(c2ccc(OC)c(O)c2)c2ccc(SC=O)c(O)c2)cc1O. The van der Waals surface area contributed by atoms with E-state index in [2.05, 4.69) is 0 Å². The fourth-order valence-corrected chi connectivity index (χ4v) is 3.65. The van der Waals surface area contributed by atoms with Crippen LogP contribution in [0.3, 0.4) is 0 Å². The standard InChI is InChI=1S/C22H20O7S/c1-28-19-6-3-13(9-16(19)24)22(27,14-4-7-20(29-2)17(25)10-14)15-5-8-21(30-12-23)18(26)11-15/h3-12,24-27H,1-2H3. The van der Waals surface area contributed by atoms with Crippen LogP contribution in [0.1, 0.15) is 16.7 Å². The molecule has 0 unspecified atom stereocenters. The van der Waals surface area contributed by atoms with Gasteiger partial charge in [-0.25, -0.2) is 0 Å². The quantitative estimate of drug-likeness (QED) is 0.257. The van der Waals surface area contributed by atoms with E-state index in [0.29, 0.717) is 10.5 Å². The van der Waals surface area contributed by atoms with E-state index in [9.17, 15) is 25.2 Å². The summed E-state index contributed by atoms with van der Waals surface area (Å²) in [6.07, 6.45) is 0. The van der Waals surface area contributed by atoms with Crippen molar-refractivity contribution in [1.82, 2.24) is 0 Å². The van der Waals surface area contributed by atoms with E-state index in [1.807, 2.05) is 0 Å². The molecule has 0 fully saturated rings. The van der Waals surface area contributed by atoms with Gasteiger partial charge in [-0.2, -0.15) is 0 Å². The maximum atomic E-state index is 11.9. The molecule has 3 rings (SSSR count). The maximum absolute atomic E-state index is 11.9. The minimum Gasteiger partial charge on any atom is -0.507 e. The van der Waals surface area contributed by atoms with Crippen molar-refractivity contribution < 1.29 is 34.7 Å². The zero-order valence-corrected chi connectivity index (χ0v) is 17.0. The first-order chi connectivity index (χ1) is 14.3. The molecule has 156 valence electrons. The van der Waals surface area contributed by atoms with Gasteiger partial charge in [0, 0.05) is 0 Å². The van der Waals surface area contributed by atoms with Gasteiger partial charge in [-0.15, -0.1) is 0 Å². The third-order valence-electron chi connectivity index (χ3n) is 4.75. The lowest BCUT2D eigenvalue weighted by Gasteiger charge is -2.31. The molecule has 0 spiro atoms. The highest BCUT2D eigenvalue weighted by atomic mass is 32.2. The van der Waals surface area contributed by atoms with Crippen LogP contribution in [0.4, 0.5) is 0 Å². The molecule has 3 aromatic carbocycles. The lowest BCUT2D eigenvalue weighted by Crippen LogP contribution is -2.29. The van der Waals surface area contributed by atoms with Crippen molar-refractivity contribution in [2.45, 2.75) is 10.5 Å². The molecule has 0 bridgehead atoms. The Bertz CT molecular complexity index is 1030. The average Bonchev–Trinajstić information content (AvgIpc) is 2.74. The number of carbonyl (C=O) groups excluding carboxylic acids is 1. The number of ether oxygens (including phenoxy) is 2. The summed E-state index contributed by atoms with van der Waals surface area (Å²) in [5.41, 5.74) is -0.496. The lowest BCUT2D eigenvalue weighted by molar-refractivity contribution is 0.124. The van der Waals surface area contributed by atoms with Crippen LogP contribution in [0, 0.1) is 0 Å². The third-order valence-corrected chi connectivity index (χ3v) is 5.44.